The maximum atomic E-state index is 10.8. The summed E-state index contributed by atoms with van der Waals surface area (Å²) in [4.78, 5) is 10.4. The first kappa shape index (κ1) is 14.8. The lowest BCUT2D eigenvalue weighted by atomic mass is 10.1. The summed E-state index contributed by atoms with van der Waals surface area (Å²) in [6, 6.07) is 10.7. The van der Waals surface area contributed by atoms with Crippen molar-refractivity contribution in [1.82, 2.24) is 0 Å². The minimum absolute atomic E-state index is 0.0723. The first-order chi connectivity index (χ1) is 9.49. The Morgan fingerprint density at radius 1 is 1.35 bits per heavy atom. The second-order valence-electron chi connectivity index (χ2n) is 4.31. The van der Waals surface area contributed by atoms with Gasteiger partial charge in [0.05, 0.1) is 4.92 Å². The van der Waals surface area contributed by atoms with E-state index in [9.17, 15) is 10.1 Å². The molecule has 0 radical (unpaired) electrons. The molecule has 0 amide bonds. The van der Waals surface area contributed by atoms with Crippen LogP contribution >= 0.6 is 27.5 Å². The van der Waals surface area contributed by atoms with Crippen LogP contribution in [0.2, 0.25) is 5.02 Å². The third kappa shape index (κ3) is 3.29. The molecule has 0 saturated carbocycles. The number of nitro benzene ring substituents is 1. The van der Waals surface area contributed by atoms with Gasteiger partial charge in [0.15, 0.2) is 0 Å². The molecule has 0 unspecified atom stereocenters. The van der Waals surface area contributed by atoms with E-state index in [0.717, 1.165) is 21.3 Å². The van der Waals surface area contributed by atoms with Gasteiger partial charge in [-0.1, -0.05) is 39.7 Å². The van der Waals surface area contributed by atoms with Gasteiger partial charge in [0.2, 0.25) is 0 Å². The van der Waals surface area contributed by atoms with Gasteiger partial charge in [-0.05, 0) is 36.2 Å². The van der Waals surface area contributed by atoms with Gasteiger partial charge in [0, 0.05) is 22.8 Å². The highest BCUT2D eigenvalue weighted by Crippen LogP contribution is 2.27. The smallest absolute Gasteiger partial charge is 0.288 e. The molecule has 0 aliphatic heterocycles. The lowest BCUT2D eigenvalue weighted by Gasteiger charge is -2.11. The average Bonchev–Trinajstić information content (AvgIpc) is 2.41. The lowest BCUT2D eigenvalue weighted by molar-refractivity contribution is -0.384. The number of rotatable bonds is 4. The fraction of sp³-hybridized carbons (Fsp3) is 0.143. The van der Waals surface area contributed by atoms with Crippen molar-refractivity contribution in [2.45, 2.75) is 13.5 Å². The molecule has 0 fully saturated rings. The highest BCUT2D eigenvalue weighted by molar-refractivity contribution is 9.10. The van der Waals surface area contributed by atoms with Crippen LogP contribution in [0.4, 0.5) is 11.4 Å². The van der Waals surface area contributed by atoms with E-state index in [1.807, 2.05) is 25.1 Å². The van der Waals surface area contributed by atoms with Crippen LogP contribution < -0.4 is 5.32 Å². The molecule has 2 aromatic rings. The topological polar surface area (TPSA) is 55.2 Å². The third-order valence-corrected chi connectivity index (χ3v) is 4.14. The second-order valence-corrected chi connectivity index (χ2v) is 5.57. The molecule has 2 rings (SSSR count). The summed E-state index contributed by atoms with van der Waals surface area (Å²) in [5.74, 6) is 0. The molecule has 0 atom stereocenters. The van der Waals surface area contributed by atoms with Crippen molar-refractivity contribution in [2.75, 3.05) is 5.32 Å². The molecular weight excluding hydrogens is 344 g/mol. The Morgan fingerprint density at radius 3 is 2.80 bits per heavy atom. The summed E-state index contributed by atoms with van der Waals surface area (Å²) in [6.07, 6.45) is 0. The van der Waals surface area contributed by atoms with Gasteiger partial charge >= 0.3 is 0 Å². The third-order valence-electron chi connectivity index (χ3n) is 2.96. The van der Waals surface area contributed by atoms with E-state index in [1.54, 1.807) is 12.1 Å². The van der Waals surface area contributed by atoms with E-state index in [-0.39, 0.29) is 10.7 Å². The fourth-order valence-corrected chi connectivity index (χ4v) is 2.36. The summed E-state index contributed by atoms with van der Waals surface area (Å²) >= 11 is 9.25. The molecule has 0 saturated heterocycles. The zero-order valence-corrected chi connectivity index (χ0v) is 13.0. The van der Waals surface area contributed by atoms with Gasteiger partial charge in [-0.25, -0.2) is 0 Å². The summed E-state index contributed by atoms with van der Waals surface area (Å²) < 4.78 is 1.02. The Balaban J connectivity index is 2.17. The van der Waals surface area contributed by atoms with Crippen LogP contribution in [-0.4, -0.2) is 4.92 Å². The van der Waals surface area contributed by atoms with E-state index in [1.165, 1.54) is 6.07 Å². The molecule has 4 nitrogen and oxygen atoms in total. The second kappa shape index (κ2) is 6.24. The van der Waals surface area contributed by atoms with Crippen molar-refractivity contribution in [1.29, 1.82) is 0 Å². The van der Waals surface area contributed by atoms with Gasteiger partial charge in [0.25, 0.3) is 5.69 Å². The summed E-state index contributed by atoms with van der Waals surface area (Å²) in [5.41, 5.74) is 2.81. The Labute approximate surface area is 130 Å². The van der Waals surface area contributed by atoms with Crippen molar-refractivity contribution in [3.63, 3.8) is 0 Å². The van der Waals surface area contributed by atoms with Crippen LogP contribution in [0.5, 0.6) is 0 Å². The van der Waals surface area contributed by atoms with Gasteiger partial charge < -0.3 is 5.32 Å². The molecule has 2 aromatic carbocycles. The van der Waals surface area contributed by atoms with Crippen molar-refractivity contribution < 1.29 is 4.92 Å². The predicted molar refractivity (Wildman–Crippen MR) is 84.3 cm³/mol. The standard InChI is InChI=1S/C14H12BrClN2O2/c1-9-11(15)3-2-4-13(9)17-8-10-5-6-12(16)14(7-10)18(19)20/h2-7,17H,8H2,1H3. The van der Waals surface area contributed by atoms with Crippen molar-refractivity contribution in [2.24, 2.45) is 0 Å². The van der Waals surface area contributed by atoms with Crippen molar-refractivity contribution >= 4 is 38.9 Å². The van der Waals surface area contributed by atoms with Crippen LogP contribution in [0.15, 0.2) is 40.9 Å². The Kier molecular flexibility index (Phi) is 4.62. The highest BCUT2D eigenvalue weighted by Gasteiger charge is 2.12. The minimum Gasteiger partial charge on any atom is -0.381 e. The van der Waals surface area contributed by atoms with Gasteiger partial charge in [0.1, 0.15) is 5.02 Å². The molecule has 0 aliphatic rings. The molecule has 6 heteroatoms. The Hall–Kier alpha value is -1.59. The van der Waals surface area contributed by atoms with Gasteiger partial charge in [-0.2, -0.15) is 0 Å². The number of nitrogens with one attached hydrogen (secondary N) is 1. The SMILES string of the molecule is Cc1c(Br)cccc1NCc1ccc(Cl)c([N+](=O)[O-])c1. The van der Waals surface area contributed by atoms with Gasteiger partial charge in [-0.3, -0.25) is 10.1 Å². The van der Waals surface area contributed by atoms with E-state index >= 15 is 0 Å². The van der Waals surface area contributed by atoms with E-state index in [4.69, 9.17) is 11.6 Å². The fourth-order valence-electron chi connectivity index (χ4n) is 1.80. The molecule has 104 valence electrons. The first-order valence-corrected chi connectivity index (χ1v) is 7.08. The van der Waals surface area contributed by atoms with Crippen LogP contribution in [0, 0.1) is 17.0 Å². The molecule has 0 aromatic heterocycles. The predicted octanol–water partition coefficient (Wildman–Crippen LogP) is 4.93. The van der Waals surface area contributed by atoms with Crippen LogP contribution in [0.25, 0.3) is 0 Å². The summed E-state index contributed by atoms with van der Waals surface area (Å²) in [6.45, 7) is 2.49. The number of hydrogen-bond acceptors (Lipinski definition) is 3. The largest absolute Gasteiger partial charge is 0.381 e. The normalized spacial score (nSPS) is 10.3. The van der Waals surface area contributed by atoms with E-state index in [0.29, 0.717) is 6.54 Å². The number of benzene rings is 2. The number of nitro groups is 1. The maximum absolute atomic E-state index is 10.8. The molecule has 20 heavy (non-hydrogen) atoms. The van der Waals surface area contributed by atoms with Gasteiger partial charge in [-0.15, -0.1) is 0 Å². The van der Waals surface area contributed by atoms with Crippen LogP contribution in [0.1, 0.15) is 11.1 Å². The first-order valence-electron chi connectivity index (χ1n) is 5.91. The molecule has 0 spiro atoms. The van der Waals surface area contributed by atoms with E-state index < -0.39 is 4.92 Å². The highest BCUT2D eigenvalue weighted by atomic mass is 79.9. The van der Waals surface area contributed by atoms with Crippen molar-refractivity contribution in [3.05, 3.63) is 67.1 Å². The van der Waals surface area contributed by atoms with Crippen molar-refractivity contribution in [3.8, 4) is 0 Å². The summed E-state index contributed by atoms with van der Waals surface area (Å²) in [7, 11) is 0. The van der Waals surface area contributed by atoms with Crippen LogP contribution in [-0.2, 0) is 6.54 Å². The number of anilines is 1. The Morgan fingerprint density at radius 2 is 2.10 bits per heavy atom. The number of hydrogen-bond donors (Lipinski definition) is 1. The maximum Gasteiger partial charge on any atom is 0.288 e. The molecular formula is C14H12BrClN2O2. The molecule has 1 N–H and O–H groups in total. The Bertz CT molecular complexity index is 662. The lowest BCUT2D eigenvalue weighted by Crippen LogP contribution is -2.02. The molecule has 0 aliphatic carbocycles. The van der Waals surface area contributed by atoms with Crippen LogP contribution in [0.3, 0.4) is 0 Å². The zero-order valence-electron chi connectivity index (χ0n) is 10.7. The minimum atomic E-state index is -0.476. The summed E-state index contributed by atoms with van der Waals surface area (Å²) in [5, 5.41) is 14.3. The average molecular weight is 356 g/mol. The monoisotopic (exact) mass is 354 g/mol. The zero-order chi connectivity index (χ0) is 14.7. The molecule has 0 heterocycles. The quantitative estimate of drug-likeness (QED) is 0.625. The van der Waals surface area contributed by atoms with E-state index in [2.05, 4.69) is 21.2 Å². The molecule has 0 bridgehead atoms. The number of nitrogens with zero attached hydrogens (tertiary/aromatic N) is 1. The number of halogens is 2.